The van der Waals surface area contributed by atoms with Crippen LogP contribution in [0.15, 0.2) is 29.3 Å². The van der Waals surface area contributed by atoms with Gasteiger partial charge in [-0.05, 0) is 70.9 Å². The van der Waals surface area contributed by atoms with Gasteiger partial charge in [-0.15, -0.1) is 24.0 Å². The third kappa shape index (κ3) is 8.01. The Balaban J connectivity index is 0.00000363. The maximum absolute atomic E-state index is 6.30. The lowest BCUT2D eigenvalue weighted by atomic mass is 9.85. The zero-order valence-corrected chi connectivity index (χ0v) is 23.3. The van der Waals surface area contributed by atoms with Gasteiger partial charge < -0.3 is 15.5 Å². The molecule has 182 valence electrons. The summed E-state index contributed by atoms with van der Waals surface area (Å²) in [7, 11) is 4.43. The first-order valence-electron chi connectivity index (χ1n) is 11.9. The number of nitrogens with one attached hydrogen (secondary N) is 2. The van der Waals surface area contributed by atoms with Crippen LogP contribution < -0.4 is 10.6 Å². The summed E-state index contributed by atoms with van der Waals surface area (Å²) >= 11 is 6.30. The number of benzene rings is 1. The van der Waals surface area contributed by atoms with E-state index in [9.17, 15) is 0 Å². The van der Waals surface area contributed by atoms with Crippen LogP contribution in [0.25, 0.3) is 0 Å². The van der Waals surface area contributed by atoms with Crippen molar-refractivity contribution in [1.82, 2.24) is 25.3 Å². The van der Waals surface area contributed by atoms with Crippen molar-refractivity contribution in [2.75, 3.05) is 66.5 Å². The monoisotopic (exact) mass is 576 g/mol. The molecule has 2 N–H and O–H groups in total. The fraction of sp³-hybridized carbons (Fsp3) is 0.708. The van der Waals surface area contributed by atoms with Crippen LogP contribution in [-0.2, 0) is 0 Å². The van der Waals surface area contributed by atoms with Crippen molar-refractivity contribution in [2.45, 2.75) is 38.8 Å². The molecule has 0 bridgehead atoms. The largest absolute Gasteiger partial charge is 0.357 e. The summed E-state index contributed by atoms with van der Waals surface area (Å²) in [4.78, 5) is 12.4. The number of rotatable bonds is 7. The number of hydrogen-bond acceptors (Lipinski definition) is 4. The minimum absolute atomic E-state index is 0. The fourth-order valence-corrected chi connectivity index (χ4v) is 5.06. The molecule has 2 aliphatic rings. The van der Waals surface area contributed by atoms with Gasteiger partial charge in [0.1, 0.15) is 0 Å². The number of halogens is 2. The fourth-order valence-electron chi connectivity index (χ4n) is 4.86. The summed E-state index contributed by atoms with van der Waals surface area (Å²) in [5, 5.41) is 7.90. The maximum Gasteiger partial charge on any atom is 0.191 e. The highest BCUT2D eigenvalue weighted by atomic mass is 127. The summed E-state index contributed by atoms with van der Waals surface area (Å²) < 4.78 is 0. The number of likely N-dealkylation sites (N-methyl/N-ethyl adjacent to an activating group) is 1. The van der Waals surface area contributed by atoms with Gasteiger partial charge in [0.15, 0.2) is 5.96 Å². The summed E-state index contributed by atoms with van der Waals surface area (Å²) in [6, 6.07) is 9.20. The predicted molar refractivity (Wildman–Crippen MR) is 147 cm³/mol. The smallest absolute Gasteiger partial charge is 0.191 e. The Bertz CT molecular complexity index is 709. The predicted octanol–water partition coefficient (Wildman–Crippen LogP) is 3.53. The lowest BCUT2D eigenvalue weighted by molar-refractivity contribution is 0.121. The highest BCUT2D eigenvalue weighted by molar-refractivity contribution is 14.0. The van der Waals surface area contributed by atoms with E-state index in [0.717, 1.165) is 63.3 Å². The Morgan fingerprint density at radius 3 is 2.59 bits per heavy atom. The Labute approximate surface area is 217 Å². The average molecular weight is 577 g/mol. The molecule has 2 aliphatic heterocycles. The molecule has 0 spiro atoms. The molecule has 2 heterocycles. The standard InChI is InChI=1S/C24H41ClN6.HI/c1-5-26-24(27-17-19(2)31-14-12-29(3)13-15-31)28-18-21-9-7-11-30(4)23(21)20-8-6-10-22(25)16-20;/h6,8,10,16,19,21,23H,5,7,9,11-15,17-18H2,1-4H3,(H2,26,27,28);1H. The molecule has 3 unspecified atom stereocenters. The van der Waals surface area contributed by atoms with Gasteiger partial charge in [-0.3, -0.25) is 14.8 Å². The van der Waals surface area contributed by atoms with Crippen molar-refractivity contribution in [3.63, 3.8) is 0 Å². The first-order valence-corrected chi connectivity index (χ1v) is 12.3. The highest BCUT2D eigenvalue weighted by Crippen LogP contribution is 2.35. The number of aliphatic imine (C=N–C) groups is 1. The molecule has 8 heteroatoms. The molecule has 32 heavy (non-hydrogen) atoms. The van der Waals surface area contributed by atoms with Crippen LogP contribution in [0, 0.1) is 5.92 Å². The molecule has 3 rings (SSSR count). The van der Waals surface area contributed by atoms with E-state index in [-0.39, 0.29) is 24.0 Å². The van der Waals surface area contributed by atoms with E-state index >= 15 is 0 Å². The molecule has 0 radical (unpaired) electrons. The molecular weight excluding hydrogens is 535 g/mol. The second kappa shape index (κ2) is 13.9. The van der Waals surface area contributed by atoms with Crippen molar-refractivity contribution in [3.05, 3.63) is 34.9 Å². The molecule has 2 saturated heterocycles. The molecule has 0 aromatic heterocycles. The third-order valence-corrected chi connectivity index (χ3v) is 6.98. The third-order valence-electron chi connectivity index (χ3n) is 6.75. The van der Waals surface area contributed by atoms with Crippen molar-refractivity contribution < 1.29 is 0 Å². The Kier molecular flexibility index (Phi) is 12.0. The SMILES string of the molecule is CCNC(=NCC(C)N1CCN(C)CC1)NCC1CCCN(C)C1c1cccc(Cl)c1.I. The van der Waals surface area contributed by atoms with Crippen LogP contribution in [0.4, 0.5) is 0 Å². The molecule has 6 nitrogen and oxygen atoms in total. The zero-order chi connectivity index (χ0) is 22.2. The van der Waals surface area contributed by atoms with Crippen molar-refractivity contribution in [1.29, 1.82) is 0 Å². The van der Waals surface area contributed by atoms with Gasteiger partial charge in [-0.2, -0.15) is 0 Å². The number of nitrogens with zero attached hydrogens (tertiary/aromatic N) is 4. The average Bonchev–Trinajstić information content (AvgIpc) is 2.76. The van der Waals surface area contributed by atoms with E-state index in [1.54, 1.807) is 0 Å². The van der Waals surface area contributed by atoms with Crippen LogP contribution in [0.1, 0.15) is 38.3 Å². The zero-order valence-electron chi connectivity index (χ0n) is 20.2. The summed E-state index contributed by atoms with van der Waals surface area (Å²) in [5.41, 5.74) is 1.31. The maximum atomic E-state index is 6.30. The lowest BCUT2D eigenvalue weighted by Gasteiger charge is -2.40. The molecular formula is C24H42ClIN6. The van der Waals surface area contributed by atoms with E-state index in [4.69, 9.17) is 16.6 Å². The quantitative estimate of drug-likeness (QED) is 0.296. The van der Waals surface area contributed by atoms with E-state index in [1.165, 1.54) is 18.4 Å². The summed E-state index contributed by atoms with van der Waals surface area (Å²) in [6.07, 6.45) is 2.44. The molecule has 0 saturated carbocycles. The molecule has 3 atom stereocenters. The normalized spacial score (nSPS) is 24.6. The van der Waals surface area contributed by atoms with Gasteiger partial charge in [-0.25, -0.2) is 0 Å². The number of guanidine groups is 1. The second-order valence-electron chi connectivity index (χ2n) is 9.17. The van der Waals surface area contributed by atoms with Crippen LogP contribution in [-0.4, -0.2) is 93.2 Å². The van der Waals surface area contributed by atoms with E-state index in [1.807, 2.05) is 6.07 Å². The molecule has 1 aromatic rings. The molecule has 2 fully saturated rings. The first-order chi connectivity index (χ1) is 15.0. The van der Waals surface area contributed by atoms with Gasteiger partial charge >= 0.3 is 0 Å². The summed E-state index contributed by atoms with van der Waals surface area (Å²) in [6.45, 7) is 12.7. The van der Waals surface area contributed by atoms with Crippen LogP contribution >= 0.6 is 35.6 Å². The number of hydrogen-bond donors (Lipinski definition) is 2. The highest BCUT2D eigenvalue weighted by Gasteiger charge is 2.30. The van der Waals surface area contributed by atoms with Crippen LogP contribution in [0.2, 0.25) is 5.02 Å². The van der Waals surface area contributed by atoms with Crippen LogP contribution in [0.3, 0.4) is 0 Å². The Morgan fingerprint density at radius 2 is 1.91 bits per heavy atom. The molecule has 1 aromatic carbocycles. The molecule has 0 aliphatic carbocycles. The van der Waals surface area contributed by atoms with Crippen molar-refractivity contribution in [3.8, 4) is 0 Å². The number of piperidine rings is 1. The van der Waals surface area contributed by atoms with E-state index in [0.29, 0.717) is 18.0 Å². The van der Waals surface area contributed by atoms with Gasteiger partial charge in [0.25, 0.3) is 0 Å². The summed E-state index contributed by atoms with van der Waals surface area (Å²) in [5.74, 6) is 1.46. The number of likely N-dealkylation sites (tertiary alicyclic amines) is 1. The van der Waals surface area contributed by atoms with Gasteiger partial charge in [0.2, 0.25) is 0 Å². The van der Waals surface area contributed by atoms with Gasteiger partial charge in [0.05, 0.1) is 6.54 Å². The van der Waals surface area contributed by atoms with Gasteiger partial charge in [0, 0.05) is 56.4 Å². The molecule has 0 amide bonds. The minimum atomic E-state index is 0. The lowest BCUT2D eigenvalue weighted by Crippen LogP contribution is -2.49. The van der Waals surface area contributed by atoms with E-state index in [2.05, 4.69) is 71.5 Å². The van der Waals surface area contributed by atoms with E-state index < -0.39 is 0 Å². The Hall–Kier alpha value is -0.610. The van der Waals surface area contributed by atoms with Gasteiger partial charge in [-0.1, -0.05) is 23.7 Å². The minimum Gasteiger partial charge on any atom is -0.357 e. The number of piperazine rings is 1. The van der Waals surface area contributed by atoms with Crippen molar-refractivity contribution in [2.24, 2.45) is 10.9 Å². The Morgan fingerprint density at radius 1 is 1.16 bits per heavy atom. The first kappa shape index (κ1) is 27.6. The van der Waals surface area contributed by atoms with Crippen molar-refractivity contribution >= 4 is 41.5 Å². The topological polar surface area (TPSA) is 46.1 Å². The second-order valence-corrected chi connectivity index (χ2v) is 9.61. The van der Waals surface area contributed by atoms with Crippen LogP contribution in [0.5, 0.6) is 0 Å².